The van der Waals surface area contributed by atoms with E-state index in [4.69, 9.17) is 11.6 Å². The quantitative estimate of drug-likeness (QED) is 0.618. The van der Waals surface area contributed by atoms with Gasteiger partial charge in [-0.1, -0.05) is 41.1 Å². The van der Waals surface area contributed by atoms with Gasteiger partial charge in [0.1, 0.15) is 0 Å². The molecule has 1 unspecified atom stereocenters. The third-order valence-electron chi connectivity index (χ3n) is 2.35. The molecule has 0 heterocycles. The topological polar surface area (TPSA) is 12.0 Å². The third-order valence-corrected chi connectivity index (χ3v) is 3.65. The molecule has 15 heavy (non-hydrogen) atoms. The van der Waals surface area contributed by atoms with Gasteiger partial charge in [0.05, 0.1) is 0 Å². The molecular formula is C12H17BrClN. The Hall–Kier alpha value is -0.0500. The smallest absolute Gasteiger partial charge is 0.0345 e. The van der Waals surface area contributed by atoms with E-state index in [1.165, 1.54) is 5.56 Å². The van der Waals surface area contributed by atoms with Crippen molar-refractivity contribution in [2.45, 2.75) is 31.7 Å². The minimum atomic E-state index is 0.303. The summed E-state index contributed by atoms with van der Waals surface area (Å²) in [5, 5.41) is 3.70. The number of hydrogen-bond donors (Lipinski definition) is 1. The predicted molar refractivity (Wildman–Crippen MR) is 70.4 cm³/mol. The van der Waals surface area contributed by atoms with E-state index in [1.807, 2.05) is 6.07 Å². The highest BCUT2D eigenvalue weighted by Gasteiger charge is 2.01. The van der Waals surface area contributed by atoms with Gasteiger partial charge >= 0.3 is 0 Å². The lowest BCUT2D eigenvalue weighted by atomic mass is 10.2. The number of hydrogen-bond acceptors (Lipinski definition) is 1. The van der Waals surface area contributed by atoms with Gasteiger partial charge in [-0.25, -0.2) is 0 Å². The van der Waals surface area contributed by atoms with E-state index in [1.54, 1.807) is 0 Å². The first-order valence-corrected chi connectivity index (χ1v) is 6.55. The van der Waals surface area contributed by atoms with Crippen molar-refractivity contribution in [3.8, 4) is 0 Å². The summed E-state index contributed by atoms with van der Waals surface area (Å²) >= 11 is 9.55. The first kappa shape index (κ1) is 13.0. The van der Waals surface area contributed by atoms with Gasteiger partial charge in [-0.2, -0.15) is 0 Å². The second-order valence-corrected chi connectivity index (χ2v) is 5.03. The highest BCUT2D eigenvalue weighted by atomic mass is 79.9. The minimum Gasteiger partial charge on any atom is -0.313 e. The molecule has 0 aliphatic carbocycles. The summed E-state index contributed by atoms with van der Waals surface area (Å²) < 4.78 is 1.16. The lowest BCUT2D eigenvalue weighted by Gasteiger charge is -2.08. The van der Waals surface area contributed by atoms with Crippen LogP contribution in [0, 0.1) is 0 Å². The van der Waals surface area contributed by atoms with E-state index in [0.717, 1.165) is 30.4 Å². The average Bonchev–Trinajstić information content (AvgIpc) is 2.26. The molecule has 0 amide bonds. The first-order valence-electron chi connectivity index (χ1n) is 5.32. The van der Waals surface area contributed by atoms with Crippen LogP contribution in [0.1, 0.15) is 25.3 Å². The monoisotopic (exact) mass is 289 g/mol. The van der Waals surface area contributed by atoms with Crippen molar-refractivity contribution in [3.05, 3.63) is 34.3 Å². The Labute approximate surface area is 105 Å². The van der Waals surface area contributed by atoms with Crippen LogP contribution in [0.3, 0.4) is 0 Å². The van der Waals surface area contributed by atoms with Crippen LogP contribution in [0.2, 0.25) is 0 Å². The Morgan fingerprint density at radius 2 is 2.13 bits per heavy atom. The minimum absolute atomic E-state index is 0.303. The van der Waals surface area contributed by atoms with E-state index in [0.29, 0.717) is 5.38 Å². The molecule has 1 N–H and O–H groups in total. The standard InChI is InChI=1S/C12H17BrClN/c1-2-11(14)7-8-15-9-10-5-3-4-6-12(10)13/h3-6,11,15H,2,7-9H2,1H3. The third kappa shape index (κ3) is 5.01. The number of rotatable bonds is 6. The lowest BCUT2D eigenvalue weighted by molar-refractivity contribution is 0.621. The molecule has 0 radical (unpaired) electrons. The maximum absolute atomic E-state index is 6.03. The van der Waals surface area contributed by atoms with Crippen molar-refractivity contribution >= 4 is 27.5 Å². The Bertz CT molecular complexity index is 291. The number of nitrogens with one attached hydrogen (secondary N) is 1. The van der Waals surface area contributed by atoms with Crippen molar-refractivity contribution < 1.29 is 0 Å². The predicted octanol–water partition coefficient (Wildman–Crippen LogP) is 3.95. The van der Waals surface area contributed by atoms with Crippen molar-refractivity contribution in [2.75, 3.05) is 6.54 Å². The van der Waals surface area contributed by atoms with Crippen LogP contribution in [0.5, 0.6) is 0 Å². The molecule has 0 fully saturated rings. The zero-order chi connectivity index (χ0) is 11.1. The molecule has 1 nitrogen and oxygen atoms in total. The molecule has 0 aliphatic heterocycles. The Morgan fingerprint density at radius 3 is 2.80 bits per heavy atom. The molecule has 0 spiro atoms. The average molecular weight is 291 g/mol. The molecule has 0 aliphatic rings. The molecule has 1 rings (SSSR count). The van der Waals surface area contributed by atoms with E-state index in [-0.39, 0.29) is 0 Å². The molecular weight excluding hydrogens is 273 g/mol. The van der Waals surface area contributed by atoms with E-state index in [9.17, 15) is 0 Å². The van der Waals surface area contributed by atoms with Gasteiger partial charge in [0.25, 0.3) is 0 Å². The van der Waals surface area contributed by atoms with Crippen LogP contribution in [0.4, 0.5) is 0 Å². The second kappa shape index (κ2) is 7.26. The molecule has 0 bridgehead atoms. The van der Waals surface area contributed by atoms with Crippen LogP contribution in [0.15, 0.2) is 28.7 Å². The Kier molecular flexibility index (Phi) is 6.30. The summed E-state index contributed by atoms with van der Waals surface area (Å²) in [5.41, 5.74) is 1.29. The number of alkyl halides is 1. The van der Waals surface area contributed by atoms with E-state index < -0.39 is 0 Å². The fourth-order valence-electron chi connectivity index (χ4n) is 1.33. The molecule has 3 heteroatoms. The Morgan fingerprint density at radius 1 is 1.40 bits per heavy atom. The first-order chi connectivity index (χ1) is 7.24. The normalized spacial score (nSPS) is 12.7. The van der Waals surface area contributed by atoms with Crippen LogP contribution >= 0.6 is 27.5 Å². The van der Waals surface area contributed by atoms with E-state index >= 15 is 0 Å². The fourth-order valence-corrected chi connectivity index (χ4v) is 1.86. The van der Waals surface area contributed by atoms with Crippen LogP contribution in [-0.4, -0.2) is 11.9 Å². The van der Waals surface area contributed by atoms with Crippen LogP contribution in [0.25, 0.3) is 0 Å². The van der Waals surface area contributed by atoms with Gasteiger partial charge in [-0.15, -0.1) is 11.6 Å². The fraction of sp³-hybridized carbons (Fsp3) is 0.500. The molecule has 84 valence electrons. The zero-order valence-corrected chi connectivity index (χ0v) is 11.3. The van der Waals surface area contributed by atoms with Crippen molar-refractivity contribution in [1.29, 1.82) is 0 Å². The molecule has 1 aromatic carbocycles. The molecule has 1 atom stereocenters. The van der Waals surface area contributed by atoms with Gasteiger partial charge in [-0.3, -0.25) is 0 Å². The maximum atomic E-state index is 6.03. The van der Waals surface area contributed by atoms with Gasteiger partial charge in [0, 0.05) is 16.4 Å². The number of benzene rings is 1. The summed E-state index contributed by atoms with van der Waals surface area (Å²) in [6.07, 6.45) is 2.07. The van der Waals surface area contributed by atoms with Gasteiger partial charge in [0.15, 0.2) is 0 Å². The molecule has 0 saturated heterocycles. The van der Waals surface area contributed by atoms with Crippen LogP contribution in [-0.2, 0) is 6.54 Å². The summed E-state index contributed by atoms with van der Waals surface area (Å²) in [6, 6.07) is 8.26. The number of halogens is 2. The lowest BCUT2D eigenvalue weighted by Crippen LogP contribution is -2.17. The molecule has 0 saturated carbocycles. The Balaban J connectivity index is 2.23. The largest absolute Gasteiger partial charge is 0.313 e. The maximum Gasteiger partial charge on any atom is 0.0345 e. The summed E-state index contributed by atoms with van der Waals surface area (Å²) in [4.78, 5) is 0. The van der Waals surface area contributed by atoms with Crippen molar-refractivity contribution in [1.82, 2.24) is 5.32 Å². The van der Waals surface area contributed by atoms with Crippen molar-refractivity contribution in [2.24, 2.45) is 0 Å². The SMILES string of the molecule is CCC(Cl)CCNCc1ccccc1Br. The summed E-state index contributed by atoms with van der Waals surface area (Å²) in [6.45, 7) is 3.99. The van der Waals surface area contributed by atoms with Crippen LogP contribution < -0.4 is 5.32 Å². The summed E-state index contributed by atoms with van der Waals surface area (Å²) in [7, 11) is 0. The van der Waals surface area contributed by atoms with E-state index in [2.05, 4.69) is 46.4 Å². The highest BCUT2D eigenvalue weighted by Crippen LogP contribution is 2.15. The second-order valence-electron chi connectivity index (χ2n) is 3.56. The highest BCUT2D eigenvalue weighted by molar-refractivity contribution is 9.10. The van der Waals surface area contributed by atoms with Crippen molar-refractivity contribution in [3.63, 3.8) is 0 Å². The van der Waals surface area contributed by atoms with Gasteiger partial charge in [0.2, 0.25) is 0 Å². The van der Waals surface area contributed by atoms with Gasteiger partial charge < -0.3 is 5.32 Å². The molecule has 0 aromatic heterocycles. The van der Waals surface area contributed by atoms with Gasteiger partial charge in [-0.05, 0) is 31.0 Å². The summed E-state index contributed by atoms with van der Waals surface area (Å²) in [5.74, 6) is 0. The molecule has 1 aromatic rings. The zero-order valence-electron chi connectivity index (χ0n) is 8.97.